The molecule has 174 valence electrons. The topological polar surface area (TPSA) is 124 Å². The molecule has 35 heavy (non-hydrogen) atoms. The molecule has 0 saturated carbocycles. The first kappa shape index (κ1) is 20.3. The van der Waals surface area contributed by atoms with Gasteiger partial charge in [0, 0.05) is 60.5 Å². The highest BCUT2D eigenvalue weighted by atomic mass is 32.2. The van der Waals surface area contributed by atoms with E-state index < -0.39 is 0 Å². The molecular formula is C24H22N10S. The zero-order valence-corrected chi connectivity index (χ0v) is 19.8. The Morgan fingerprint density at radius 1 is 1.11 bits per heavy atom. The number of pyridine rings is 3. The Labute approximate surface area is 205 Å². The molecule has 5 aromatic rings. The number of nitrogen functional groups attached to an aromatic ring is 1. The summed E-state index contributed by atoms with van der Waals surface area (Å²) in [4.78, 5) is 18.3. The molecule has 0 aromatic carbocycles. The Morgan fingerprint density at radius 2 is 2.06 bits per heavy atom. The lowest BCUT2D eigenvalue weighted by molar-refractivity contribution is 0.641. The van der Waals surface area contributed by atoms with Crippen LogP contribution in [0.5, 0.6) is 0 Å². The van der Waals surface area contributed by atoms with Gasteiger partial charge in [-0.2, -0.15) is 5.10 Å². The highest BCUT2D eigenvalue weighted by molar-refractivity contribution is 8.00. The number of nitrogens with two attached hydrogens (primary N) is 1. The average molecular weight is 483 g/mol. The van der Waals surface area contributed by atoms with Crippen molar-refractivity contribution in [2.45, 2.75) is 32.2 Å². The number of fused-ring (bicyclic) bond motifs is 4. The van der Waals surface area contributed by atoms with Gasteiger partial charge in [0.2, 0.25) is 0 Å². The first-order valence-electron chi connectivity index (χ1n) is 11.4. The monoisotopic (exact) mass is 482 g/mol. The van der Waals surface area contributed by atoms with Crippen molar-refractivity contribution in [3.05, 3.63) is 65.8 Å². The van der Waals surface area contributed by atoms with Crippen LogP contribution in [0.3, 0.4) is 0 Å². The van der Waals surface area contributed by atoms with Crippen molar-refractivity contribution in [1.82, 2.24) is 34.3 Å². The largest absolute Gasteiger partial charge is 0.383 e. The van der Waals surface area contributed by atoms with Crippen LogP contribution in [0.4, 0.5) is 23.1 Å². The van der Waals surface area contributed by atoms with Crippen LogP contribution in [0.2, 0.25) is 0 Å². The van der Waals surface area contributed by atoms with E-state index in [1.54, 1.807) is 18.1 Å². The van der Waals surface area contributed by atoms with Crippen LogP contribution in [0.25, 0.3) is 22.0 Å². The molecule has 0 bridgehead atoms. The highest BCUT2D eigenvalue weighted by Crippen LogP contribution is 2.38. The Balaban J connectivity index is 1.22. The van der Waals surface area contributed by atoms with Crippen molar-refractivity contribution >= 4 is 45.9 Å². The molecule has 0 spiro atoms. The third-order valence-electron chi connectivity index (χ3n) is 6.64. The second kappa shape index (κ2) is 7.70. The molecule has 7 heterocycles. The summed E-state index contributed by atoms with van der Waals surface area (Å²) in [6.07, 6.45) is 8.40. The Kier molecular flexibility index (Phi) is 4.46. The van der Waals surface area contributed by atoms with Crippen LogP contribution in [-0.4, -0.2) is 34.3 Å². The fraction of sp³-hybridized carbons (Fsp3) is 0.208. The van der Waals surface area contributed by atoms with E-state index in [0.29, 0.717) is 18.2 Å². The lowest BCUT2D eigenvalue weighted by Crippen LogP contribution is -2.06. The van der Waals surface area contributed by atoms with Gasteiger partial charge in [-0.15, -0.1) is 0 Å². The normalized spacial score (nSPS) is 14.2. The van der Waals surface area contributed by atoms with Gasteiger partial charge in [0.05, 0.1) is 29.4 Å². The summed E-state index contributed by atoms with van der Waals surface area (Å²) in [5.74, 6) is 3.79. The quantitative estimate of drug-likeness (QED) is 0.328. The van der Waals surface area contributed by atoms with Crippen LogP contribution in [0, 0.1) is 6.92 Å². The smallest absolute Gasteiger partial charge is 0.153 e. The molecule has 2 aliphatic rings. The van der Waals surface area contributed by atoms with E-state index in [2.05, 4.69) is 47.5 Å². The molecule has 0 amide bonds. The molecule has 5 aromatic heterocycles. The molecule has 11 heteroatoms. The zero-order valence-electron chi connectivity index (χ0n) is 19.0. The van der Waals surface area contributed by atoms with Crippen molar-refractivity contribution < 1.29 is 0 Å². The summed E-state index contributed by atoms with van der Waals surface area (Å²) in [5, 5.41) is 9.88. The summed E-state index contributed by atoms with van der Waals surface area (Å²) in [7, 11) is 0. The van der Waals surface area contributed by atoms with Crippen LogP contribution >= 0.6 is 11.9 Å². The fourth-order valence-corrected chi connectivity index (χ4v) is 5.61. The van der Waals surface area contributed by atoms with Crippen LogP contribution in [0.15, 0.2) is 43.0 Å². The number of hydrogen-bond acceptors (Lipinski definition) is 9. The molecule has 0 unspecified atom stereocenters. The minimum Gasteiger partial charge on any atom is -0.383 e. The molecule has 0 atom stereocenters. The third-order valence-corrected chi connectivity index (χ3v) is 7.41. The van der Waals surface area contributed by atoms with Gasteiger partial charge in [0.15, 0.2) is 5.82 Å². The van der Waals surface area contributed by atoms with E-state index in [1.807, 2.05) is 35.4 Å². The lowest BCUT2D eigenvalue weighted by atomic mass is 10.0. The standard InChI is InChI=1S/C24H22N10S/c1-13-16(9-27-19-12-35-32-23(13)19)18-6-14-7-20(28-10-17(14)24(25)29-18)30-21-8-15-2-4-33-5-3-26-22(33)11-34(15)31-21/h3,5-10,32H,2,4,11-12H2,1H3,(H2,25,29)(H,28,30,31). The SMILES string of the molecule is Cc1c(-c2cc3cc(Nc4cc5n(n4)Cc4nccn4CC5)ncc3c(N)n2)cnc2c1NSC2. The predicted octanol–water partition coefficient (Wildman–Crippen LogP) is 3.90. The fourth-order valence-electron chi connectivity index (χ4n) is 4.77. The van der Waals surface area contributed by atoms with Gasteiger partial charge in [0.25, 0.3) is 0 Å². The average Bonchev–Trinajstić information content (AvgIpc) is 3.57. The Morgan fingerprint density at radius 3 is 3.00 bits per heavy atom. The van der Waals surface area contributed by atoms with Crippen molar-refractivity contribution in [3.63, 3.8) is 0 Å². The predicted molar refractivity (Wildman–Crippen MR) is 137 cm³/mol. The van der Waals surface area contributed by atoms with Crippen molar-refractivity contribution in [2.24, 2.45) is 0 Å². The summed E-state index contributed by atoms with van der Waals surface area (Å²) in [5.41, 5.74) is 12.5. The number of nitrogens with one attached hydrogen (secondary N) is 2. The number of aromatic nitrogens is 7. The minimum absolute atomic E-state index is 0.447. The molecule has 4 N–H and O–H groups in total. The number of nitrogens with zero attached hydrogens (tertiary/aromatic N) is 7. The summed E-state index contributed by atoms with van der Waals surface area (Å²) < 4.78 is 7.54. The van der Waals surface area contributed by atoms with Gasteiger partial charge >= 0.3 is 0 Å². The van der Waals surface area contributed by atoms with Gasteiger partial charge in [-0.05, 0) is 42.0 Å². The Bertz CT molecular complexity index is 1620. The maximum atomic E-state index is 6.34. The molecule has 0 saturated heterocycles. The van der Waals surface area contributed by atoms with Gasteiger partial charge in [0.1, 0.15) is 17.5 Å². The number of anilines is 4. The summed E-state index contributed by atoms with van der Waals surface area (Å²) >= 11 is 1.65. The molecule has 2 aliphatic heterocycles. The van der Waals surface area contributed by atoms with Crippen molar-refractivity contribution in [3.8, 4) is 11.3 Å². The number of hydrogen-bond donors (Lipinski definition) is 3. The zero-order chi connectivity index (χ0) is 23.5. The second-order valence-corrected chi connectivity index (χ2v) is 9.56. The van der Waals surface area contributed by atoms with Crippen molar-refractivity contribution in [1.29, 1.82) is 0 Å². The summed E-state index contributed by atoms with van der Waals surface area (Å²) in [6, 6.07) is 6.10. The molecule has 0 aliphatic carbocycles. The third kappa shape index (κ3) is 3.38. The first-order valence-corrected chi connectivity index (χ1v) is 12.4. The van der Waals surface area contributed by atoms with Crippen molar-refractivity contribution in [2.75, 3.05) is 15.8 Å². The highest BCUT2D eigenvalue weighted by Gasteiger charge is 2.20. The van der Waals surface area contributed by atoms with E-state index in [-0.39, 0.29) is 0 Å². The van der Waals surface area contributed by atoms with Crippen LogP contribution in [-0.2, 0) is 25.3 Å². The number of imidazole rings is 1. The summed E-state index contributed by atoms with van der Waals surface area (Å²) in [6.45, 7) is 3.64. The lowest BCUT2D eigenvalue weighted by Gasteiger charge is -2.12. The van der Waals surface area contributed by atoms with Gasteiger partial charge in [-0.3, -0.25) is 9.67 Å². The Hall–Kier alpha value is -4.12. The first-order chi connectivity index (χ1) is 17.1. The van der Waals surface area contributed by atoms with E-state index in [1.165, 1.54) is 5.69 Å². The molecule has 0 radical (unpaired) electrons. The van der Waals surface area contributed by atoms with E-state index in [0.717, 1.165) is 69.3 Å². The van der Waals surface area contributed by atoms with Gasteiger partial charge < -0.3 is 20.3 Å². The van der Waals surface area contributed by atoms with E-state index >= 15 is 0 Å². The maximum absolute atomic E-state index is 6.34. The van der Waals surface area contributed by atoms with Gasteiger partial charge in [-0.1, -0.05) is 0 Å². The van der Waals surface area contributed by atoms with Crippen LogP contribution in [0.1, 0.15) is 22.8 Å². The molecule has 10 nitrogen and oxygen atoms in total. The van der Waals surface area contributed by atoms with E-state index in [9.17, 15) is 0 Å². The maximum Gasteiger partial charge on any atom is 0.153 e. The van der Waals surface area contributed by atoms with Crippen LogP contribution < -0.4 is 15.8 Å². The second-order valence-electron chi connectivity index (χ2n) is 8.78. The minimum atomic E-state index is 0.447. The number of rotatable bonds is 3. The molecular weight excluding hydrogens is 460 g/mol. The van der Waals surface area contributed by atoms with Gasteiger partial charge in [-0.25, -0.2) is 15.0 Å². The molecule has 7 rings (SSSR count). The molecule has 0 fully saturated rings. The van der Waals surface area contributed by atoms with E-state index in [4.69, 9.17) is 10.8 Å². The number of aryl methyl sites for hydroxylation is 2.